The van der Waals surface area contributed by atoms with Crippen LogP contribution in [0.3, 0.4) is 0 Å². The molecular formula is C7H17O4P. The Bertz CT molecular complexity index is 151. The van der Waals surface area contributed by atoms with Crippen molar-refractivity contribution in [1.82, 2.24) is 0 Å². The quantitative estimate of drug-likeness (QED) is 0.656. The minimum Gasteiger partial charge on any atom is -0.392 e. The summed E-state index contributed by atoms with van der Waals surface area (Å²) in [6, 6.07) is 0. The van der Waals surface area contributed by atoms with Gasteiger partial charge in [0.25, 0.3) is 0 Å². The summed E-state index contributed by atoms with van der Waals surface area (Å²) >= 11 is 0. The summed E-state index contributed by atoms with van der Waals surface area (Å²) in [6.07, 6.45) is 0.958. The minimum absolute atomic E-state index is 0.0772. The van der Waals surface area contributed by atoms with E-state index >= 15 is 0 Å². The molecule has 0 heterocycles. The first-order valence-electron chi connectivity index (χ1n) is 3.96. The van der Waals surface area contributed by atoms with E-state index in [9.17, 15) is 9.67 Å². The number of rotatable bonds is 6. The van der Waals surface area contributed by atoms with E-state index in [2.05, 4.69) is 9.05 Å². The van der Waals surface area contributed by atoms with Gasteiger partial charge in [-0.05, 0) is 6.42 Å². The van der Waals surface area contributed by atoms with Crippen LogP contribution in [0.4, 0.5) is 0 Å². The van der Waals surface area contributed by atoms with Gasteiger partial charge in [0.15, 0.2) is 0 Å². The van der Waals surface area contributed by atoms with Crippen molar-refractivity contribution in [3.8, 4) is 0 Å². The van der Waals surface area contributed by atoms with E-state index in [0.29, 0.717) is 6.42 Å². The summed E-state index contributed by atoms with van der Waals surface area (Å²) in [5, 5.41) is 9.31. The van der Waals surface area contributed by atoms with Crippen LogP contribution < -0.4 is 0 Å². The van der Waals surface area contributed by atoms with Crippen LogP contribution >= 0.6 is 7.60 Å². The van der Waals surface area contributed by atoms with Crippen molar-refractivity contribution in [3.63, 3.8) is 0 Å². The maximum absolute atomic E-state index is 11.4. The van der Waals surface area contributed by atoms with Gasteiger partial charge < -0.3 is 14.2 Å². The fourth-order valence-electron chi connectivity index (χ4n) is 0.906. The second-order valence-corrected chi connectivity index (χ2v) is 4.92. The van der Waals surface area contributed by atoms with Crippen molar-refractivity contribution in [2.45, 2.75) is 25.9 Å². The standard InChI is InChI=1S/C7H17O4P/c1-4-5-7(8)6-12(9,10-2)11-3/h7-8H,4-6H2,1-3H3/t7-/m0/s1. The van der Waals surface area contributed by atoms with E-state index < -0.39 is 13.7 Å². The SMILES string of the molecule is CCC[C@H](O)CP(=O)(OC)OC. The van der Waals surface area contributed by atoms with Gasteiger partial charge in [-0.25, -0.2) is 0 Å². The Morgan fingerprint density at radius 3 is 2.25 bits per heavy atom. The molecule has 0 amide bonds. The highest BCUT2D eigenvalue weighted by molar-refractivity contribution is 7.53. The highest BCUT2D eigenvalue weighted by atomic mass is 31.2. The van der Waals surface area contributed by atoms with Crippen LogP contribution in [0.15, 0.2) is 0 Å². The number of hydrogen-bond acceptors (Lipinski definition) is 4. The zero-order valence-electron chi connectivity index (χ0n) is 7.82. The Morgan fingerprint density at radius 2 is 1.92 bits per heavy atom. The molecule has 0 rings (SSSR count). The van der Waals surface area contributed by atoms with Crippen LogP contribution in [0.25, 0.3) is 0 Å². The molecule has 0 aliphatic rings. The number of hydrogen-bond donors (Lipinski definition) is 1. The summed E-state index contributed by atoms with van der Waals surface area (Å²) in [5.41, 5.74) is 0. The van der Waals surface area contributed by atoms with E-state index in [0.717, 1.165) is 6.42 Å². The summed E-state index contributed by atoms with van der Waals surface area (Å²) in [5.74, 6) is 0. The van der Waals surface area contributed by atoms with E-state index in [-0.39, 0.29) is 6.16 Å². The Morgan fingerprint density at radius 1 is 1.42 bits per heavy atom. The molecule has 0 aromatic carbocycles. The largest absolute Gasteiger partial charge is 0.392 e. The van der Waals surface area contributed by atoms with E-state index in [1.54, 1.807) is 0 Å². The predicted octanol–water partition coefficient (Wildman–Crippen LogP) is 1.63. The molecular weight excluding hydrogens is 179 g/mol. The first kappa shape index (κ1) is 12.1. The van der Waals surface area contributed by atoms with Crippen LogP contribution in [0, 0.1) is 0 Å². The molecule has 12 heavy (non-hydrogen) atoms. The second kappa shape index (κ2) is 5.70. The van der Waals surface area contributed by atoms with Gasteiger partial charge in [0.1, 0.15) is 0 Å². The van der Waals surface area contributed by atoms with Crippen LogP contribution in [-0.4, -0.2) is 31.6 Å². The molecule has 0 saturated heterocycles. The Kier molecular flexibility index (Phi) is 5.76. The van der Waals surface area contributed by atoms with Crippen LogP contribution in [0.5, 0.6) is 0 Å². The number of aliphatic hydroxyl groups is 1. The van der Waals surface area contributed by atoms with Crippen molar-refractivity contribution in [2.24, 2.45) is 0 Å². The van der Waals surface area contributed by atoms with Crippen molar-refractivity contribution < 1.29 is 18.7 Å². The molecule has 0 aromatic heterocycles. The Labute approximate surface area is 73.4 Å². The average Bonchev–Trinajstić information content (AvgIpc) is 2.05. The minimum atomic E-state index is -3.02. The lowest BCUT2D eigenvalue weighted by atomic mass is 10.2. The highest BCUT2D eigenvalue weighted by Crippen LogP contribution is 2.47. The van der Waals surface area contributed by atoms with Gasteiger partial charge in [0.05, 0.1) is 12.3 Å². The first-order valence-corrected chi connectivity index (χ1v) is 5.69. The lowest BCUT2D eigenvalue weighted by Crippen LogP contribution is -2.13. The zero-order chi connectivity index (χ0) is 9.61. The molecule has 0 bridgehead atoms. The lowest BCUT2D eigenvalue weighted by Gasteiger charge is -2.16. The summed E-state index contributed by atoms with van der Waals surface area (Å²) in [6.45, 7) is 1.95. The third-order valence-electron chi connectivity index (χ3n) is 1.61. The van der Waals surface area contributed by atoms with E-state index in [1.807, 2.05) is 6.92 Å². The maximum Gasteiger partial charge on any atom is 0.332 e. The molecule has 5 heteroatoms. The number of aliphatic hydroxyl groups excluding tert-OH is 1. The fraction of sp³-hybridized carbons (Fsp3) is 1.00. The van der Waals surface area contributed by atoms with Crippen LogP contribution in [0.1, 0.15) is 19.8 Å². The highest BCUT2D eigenvalue weighted by Gasteiger charge is 2.24. The first-order chi connectivity index (χ1) is 5.58. The molecule has 0 radical (unpaired) electrons. The van der Waals surface area contributed by atoms with Gasteiger partial charge in [0.2, 0.25) is 0 Å². The molecule has 74 valence electrons. The van der Waals surface area contributed by atoms with Gasteiger partial charge in [-0.15, -0.1) is 0 Å². The monoisotopic (exact) mass is 196 g/mol. The van der Waals surface area contributed by atoms with Crippen molar-refractivity contribution >= 4 is 7.60 Å². The Hall–Kier alpha value is 0.110. The fourth-order valence-corrected chi connectivity index (χ4v) is 2.05. The Balaban J connectivity index is 3.94. The average molecular weight is 196 g/mol. The van der Waals surface area contributed by atoms with Gasteiger partial charge in [-0.1, -0.05) is 13.3 Å². The van der Waals surface area contributed by atoms with Gasteiger partial charge in [-0.3, -0.25) is 4.57 Å². The third-order valence-corrected chi connectivity index (χ3v) is 3.59. The lowest BCUT2D eigenvalue weighted by molar-refractivity contribution is 0.171. The second-order valence-electron chi connectivity index (χ2n) is 2.60. The summed E-state index contributed by atoms with van der Waals surface area (Å²) < 4.78 is 20.8. The van der Waals surface area contributed by atoms with E-state index in [4.69, 9.17) is 0 Å². The van der Waals surface area contributed by atoms with Gasteiger partial charge >= 0.3 is 7.60 Å². The van der Waals surface area contributed by atoms with Crippen molar-refractivity contribution in [3.05, 3.63) is 0 Å². The molecule has 0 unspecified atom stereocenters. The van der Waals surface area contributed by atoms with E-state index in [1.165, 1.54) is 14.2 Å². The molecule has 4 nitrogen and oxygen atoms in total. The van der Waals surface area contributed by atoms with Crippen molar-refractivity contribution in [1.29, 1.82) is 0 Å². The smallest absolute Gasteiger partial charge is 0.332 e. The van der Waals surface area contributed by atoms with Crippen LogP contribution in [0.2, 0.25) is 0 Å². The van der Waals surface area contributed by atoms with Gasteiger partial charge in [-0.2, -0.15) is 0 Å². The summed E-state index contributed by atoms with van der Waals surface area (Å²) in [7, 11) is -0.372. The van der Waals surface area contributed by atoms with Crippen LogP contribution in [-0.2, 0) is 13.6 Å². The molecule has 0 fully saturated rings. The normalized spacial score (nSPS) is 14.7. The summed E-state index contributed by atoms with van der Waals surface area (Å²) in [4.78, 5) is 0. The predicted molar refractivity (Wildman–Crippen MR) is 47.4 cm³/mol. The molecule has 1 N–H and O–H groups in total. The van der Waals surface area contributed by atoms with Gasteiger partial charge in [0, 0.05) is 14.2 Å². The molecule has 0 aliphatic carbocycles. The molecule has 0 aromatic rings. The van der Waals surface area contributed by atoms with Crippen molar-refractivity contribution in [2.75, 3.05) is 20.4 Å². The third kappa shape index (κ3) is 4.21. The maximum atomic E-state index is 11.4. The zero-order valence-corrected chi connectivity index (χ0v) is 8.71. The molecule has 0 spiro atoms. The molecule has 0 saturated carbocycles. The molecule has 0 aliphatic heterocycles. The topological polar surface area (TPSA) is 55.8 Å². The molecule has 1 atom stereocenters.